The van der Waals surface area contributed by atoms with E-state index in [0.29, 0.717) is 6.04 Å². The molecule has 0 saturated carbocycles. The van der Waals surface area contributed by atoms with Crippen LogP contribution in [0.25, 0.3) is 10.8 Å². The van der Waals surface area contributed by atoms with Gasteiger partial charge in [-0.3, -0.25) is 4.90 Å². The zero-order valence-electron chi connectivity index (χ0n) is 11.9. The van der Waals surface area contributed by atoms with E-state index in [1.807, 2.05) is 6.20 Å². The summed E-state index contributed by atoms with van der Waals surface area (Å²) < 4.78 is 1.14. The topological polar surface area (TPSA) is 31.4 Å². The van der Waals surface area contributed by atoms with E-state index in [0.717, 1.165) is 36.5 Å². The van der Waals surface area contributed by atoms with Gasteiger partial charge in [-0.1, -0.05) is 28.1 Å². The molecule has 0 radical (unpaired) electrons. The number of piperazine rings is 1. The van der Waals surface area contributed by atoms with Crippen molar-refractivity contribution in [3.8, 4) is 0 Å². The molecule has 4 rings (SSSR count). The Labute approximate surface area is 133 Å². The molecule has 0 aliphatic carbocycles. The molecule has 2 fully saturated rings. The molecule has 4 nitrogen and oxygen atoms in total. The fraction of sp³-hybridized carbons (Fsp3) is 0.438. The Bertz CT molecular complexity index is 648. The van der Waals surface area contributed by atoms with Crippen LogP contribution in [0, 0.1) is 0 Å². The Morgan fingerprint density at radius 2 is 1.90 bits per heavy atom. The molecule has 2 aliphatic rings. The van der Waals surface area contributed by atoms with Gasteiger partial charge in [-0.2, -0.15) is 0 Å². The van der Waals surface area contributed by atoms with E-state index in [1.165, 1.54) is 23.9 Å². The van der Waals surface area contributed by atoms with Crippen LogP contribution in [0.3, 0.4) is 0 Å². The van der Waals surface area contributed by atoms with E-state index in [9.17, 15) is 0 Å². The third-order valence-electron chi connectivity index (χ3n) is 4.56. The second-order valence-corrected chi connectivity index (χ2v) is 6.67. The number of fused-ring (bicyclic) bond motifs is 1. The number of hydrogen-bond donors (Lipinski definition) is 1. The monoisotopic (exact) mass is 346 g/mol. The Kier molecular flexibility index (Phi) is 3.57. The van der Waals surface area contributed by atoms with Crippen molar-refractivity contribution < 1.29 is 0 Å². The van der Waals surface area contributed by atoms with Gasteiger partial charge in [-0.25, -0.2) is 4.98 Å². The molecule has 0 spiro atoms. The van der Waals surface area contributed by atoms with Crippen LogP contribution in [0.2, 0.25) is 0 Å². The van der Waals surface area contributed by atoms with Crippen molar-refractivity contribution in [2.24, 2.45) is 0 Å². The average Bonchev–Trinajstić information content (AvgIpc) is 2.48. The Morgan fingerprint density at radius 3 is 2.71 bits per heavy atom. The summed E-state index contributed by atoms with van der Waals surface area (Å²) >= 11 is 3.63. The van der Waals surface area contributed by atoms with Gasteiger partial charge in [0.25, 0.3) is 0 Å². The fourth-order valence-electron chi connectivity index (χ4n) is 3.31. The van der Waals surface area contributed by atoms with E-state index in [-0.39, 0.29) is 0 Å². The van der Waals surface area contributed by atoms with Crippen molar-refractivity contribution in [1.29, 1.82) is 0 Å². The standard InChI is InChI=1S/C16H19BrN4/c17-15-3-1-2-14-13(15)4-5-19-16(14)21-10-12(11-21)20-8-6-18-7-9-20/h1-5,12,18H,6-11H2. The molecule has 110 valence electrons. The quantitative estimate of drug-likeness (QED) is 0.902. The van der Waals surface area contributed by atoms with E-state index >= 15 is 0 Å². The normalized spacial score (nSPS) is 20.7. The van der Waals surface area contributed by atoms with Crippen LogP contribution in [-0.4, -0.2) is 55.2 Å². The molecule has 0 atom stereocenters. The lowest BCUT2D eigenvalue weighted by molar-refractivity contribution is 0.147. The van der Waals surface area contributed by atoms with E-state index in [2.05, 4.69) is 60.3 Å². The molecule has 0 unspecified atom stereocenters. The highest BCUT2D eigenvalue weighted by Gasteiger charge is 2.33. The Balaban J connectivity index is 1.55. The highest BCUT2D eigenvalue weighted by Crippen LogP contribution is 2.32. The largest absolute Gasteiger partial charge is 0.353 e. The van der Waals surface area contributed by atoms with E-state index in [1.54, 1.807) is 0 Å². The van der Waals surface area contributed by atoms with Crippen molar-refractivity contribution >= 4 is 32.5 Å². The zero-order valence-corrected chi connectivity index (χ0v) is 13.5. The van der Waals surface area contributed by atoms with Gasteiger partial charge in [0.05, 0.1) is 0 Å². The van der Waals surface area contributed by atoms with E-state index < -0.39 is 0 Å². The maximum absolute atomic E-state index is 4.62. The maximum Gasteiger partial charge on any atom is 0.136 e. The van der Waals surface area contributed by atoms with Gasteiger partial charge in [0.1, 0.15) is 5.82 Å². The molecular formula is C16H19BrN4. The van der Waals surface area contributed by atoms with Gasteiger partial charge in [0, 0.05) is 66.8 Å². The summed E-state index contributed by atoms with van der Waals surface area (Å²) in [6, 6.07) is 9.12. The molecule has 1 aromatic carbocycles. The van der Waals surface area contributed by atoms with Crippen molar-refractivity contribution in [2.45, 2.75) is 6.04 Å². The summed E-state index contributed by atoms with van der Waals surface area (Å²) in [4.78, 5) is 9.63. The van der Waals surface area contributed by atoms with E-state index in [4.69, 9.17) is 0 Å². The lowest BCUT2D eigenvalue weighted by atomic mass is 10.0. The molecule has 5 heteroatoms. The maximum atomic E-state index is 4.62. The first kappa shape index (κ1) is 13.5. The summed E-state index contributed by atoms with van der Waals surface area (Å²) in [6.07, 6.45) is 1.92. The molecular weight excluding hydrogens is 328 g/mol. The second-order valence-electron chi connectivity index (χ2n) is 5.81. The number of rotatable bonds is 2. The van der Waals surface area contributed by atoms with Gasteiger partial charge in [-0.15, -0.1) is 0 Å². The van der Waals surface area contributed by atoms with Gasteiger partial charge in [-0.05, 0) is 12.1 Å². The Hall–Kier alpha value is -1.17. The van der Waals surface area contributed by atoms with Crippen molar-refractivity contribution in [3.05, 3.63) is 34.9 Å². The summed E-state index contributed by atoms with van der Waals surface area (Å²) in [5, 5.41) is 5.90. The van der Waals surface area contributed by atoms with Crippen LogP contribution in [0.1, 0.15) is 0 Å². The summed E-state index contributed by atoms with van der Waals surface area (Å²) in [5.74, 6) is 1.13. The van der Waals surface area contributed by atoms with Crippen LogP contribution in [0.15, 0.2) is 34.9 Å². The highest BCUT2D eigenvalue weighted by molar-refractivity contribution is 9.10. The SMILES string of the molecule is Brc1cccc2c(N3CC(N4CCNCC4)C3)nccc12. The number of hydrogen-bond acceptors (Lipinski definition) is 4. The summed E-state index contributed by atoms with van der Waals surface area (Å²) in [6.45, 7) is 6.78. The minimum atomic E-state index is 0.691. The average molecular weight is 347 g/mol. The van der Waals surface area contributed by atoms with Crippen molar-refractivity contribution in [3.63, 3.8) is 0 Å². The van der Waals surface area contributed by atoms with Crippen molar-refractivity contribution in [1.82, 2.24) is 15.2 Å². The number of aromatic nitrogens is 1. The third-order valence-corrected chi connectivity index (χ3v) is 5.25. The van der Waals surface area contributed by atoms with Crippen LogP contribution in [0.5, 0.6) is 0 Å². The highest BCUT2D eigenvalue weighted by atomic mass is 79.9. The number of anilines is 1. The fourth-order valence-corrected chi connectivity index (χ4v) is 3.81. The number of nitrogens with one attached hydrogen (secondary N) is 1. The number of halogens is 1. The lowest BCUT2D eigenvalue weighted by Crippen LogP contribution is -2.63. The summed E-state index contributed by atoms with van der Waals surface area (Å²) in [7, 11) is 0. The summed E-state index contributed by atoms with van der Waals surface area (Å²) in [5.41, 5.74) is 0. The van der Waals surface area contributed by atoms with Gasteiger partial charge in [0.15, 0.2) is 0 Å². The minimum Gasteiger partial charge on any atom is -0.353 e. The second kappa shape index (κ2) is 5.55. The smallest absolute Gasteiger partial charge is 0.136 e. The molecule has 2 aromatic rings. The Morgan fingerprint density at radius 1 is 1.10 bits per heavy atom. The molecule has 2 aliphatic heterocycles. The first-order chi connectivity index (χ1) is 10.3. The molecule has 0 bridgehead atoms. The molecule has 2 saturated heterocycles. The van der Waals surface area contributed by atoms with Gasteiger partial charge in [0.2, 0.25) is 0 Å². The lowest BCUT2D eigenvalue weighted by Gasteiger charge is -2.47. The predicted octanol–water partition coefficient (Wildman–Crippen LogP) is 2.09. The molecule has 3 heterocycles. The minimum absolute atomic E-state index is 0.691. The third kappa shape index (κ3) is 2.43. The zero-order chi connectivity index (χ0) is 14.2. The molecule has 21 heavy (non-hydrogen) atoms. The van der Waals surface area contributed by atoms with Crippen LogP contribution >= 0.6 is 15.9 Å². The van der Waals surface area contributed by atoms with Crippen LogP contribution in [-0.2, 0) is 0 Å². The van der Waals surface area contributed by atoms with Crippen LogP contribution < -0.4 is 10.2 Å². The van der Waals surface area contributed by atoms with Crippen molar-refractivity contribution in [2.75, 3.05) is 44.2 Å². The van der Waals surface area contributed by atoms with Gasteiger partial charge >= 0.3 is 0 Å². The van der Waals surface area contributed by atoms with Crippen LogP contribution in [0.4, 0.5) is 5.82 Å². The van der Waals surface area contributed by atoms with Gasteiger partial charge < -0.3 is 10.2 Å². The molecule has 1 N–H and O–H groups in total. The number of nitrogens with zero attached hydrogens (tertiary/aromatic N) is 3. The predicted molar refractivity (Wildman–Crippen MR) is 89.9 cm³/mol. The number of pyridine rings is 1. The molecule has 0 amide bonds. The number of benzene rings is 1. The first-order valence-corrected chi connectivity index (χ1v) is 8.35. The molecule has 1 aromatic heterocycles. The first-order valence-electron chi connectivity index (χ1n) is 7.56.